The molecule has 1 heterocycles. The minimum atomic E-state index is -4.11. The fraction of sp³-hybridized carbons (Fsp3) is 0.222. The maximum absolute atomic E-state index is 12.5. The summed E-state index contributed by atoms with van der Waals surface area (Å²) in [7, 11) is -4.11. The summed E-state index contributed by atoms with van der Waals surface area (Å²) in [5.41, 5.74) is 0.664. The van der Waals surface area contributed by atoms with Crippen molar-refractivity contribution >= 4 is 33.5 Å². The van der Waals surface area contributed by atoms with Gasteiger partial charge in [-0.3, -0.25) is 4.79 Å². The molecule has 0 aliphatic heterocycles. The first-order valence-corrected chi connectivity index (χ1v) is 10.6. The van der Waals surface area contributed by atoms with Crippen LogP contribution in [-0.2, 0) is 26.1 Å². The van der Waals surface area contributed by atoms with Crippen molar-refractivity contribution < 1.29 is 31.9 Å². The molecule has 29 heavy (non-hydrogen) atoms. The van der Waals surface area contributed by atoms with Crippen LogP contribution in [0.15, 0.2) is 63.7 Å². The van der Waals surface area contributed by atoms with Gasteiger partial charge in [0.1, 0.15) is 10.3 Å². The van der Waals surface area contributed by atoms with Gasteiger partial charge in [-0.15, -0.1) is 11.3 Å². The van der Waals surface area contributed by atoms with Gasteiger partial charge in [-0.2, -0.15) is 4.72 Å². The summed E-state index contributed by atoms with van der Waals surface area (Å²) in [6.07, 6.45) is -0.690. The van der Waals surface area contributed by atoms with Gasteiger partial charge in [0.15, 0.2) is 5.76 Å². The number of allylic oxidation sites excluding steroid dienone is 2. The zero-order valence-electron chi connectivity index (χ0n) is 15.2. The lowest BCUT2D eigenvalue weighted by atomic mass is 10.1. The third-order valence-corrected chi connectivity index (χ3v) is 6.57. The number of benzene rings is 1. The number of hydrogen-bond donors (Lipinski definition) is 2. The number of oxime groups is 1. The van der Waals surface area contributed by atoms with Gasteiger partial charge < -0.3 is 9.94 Å². The number of halogens is 2. The van der Waals surface area contributed by atoms with Crippen LogP contribution in [0.25, 0.3) is 0 Å². The van der Waals surface area contributed by atoms with E-state index >= 15 is 0 Å². The lowest BCUT2D eigenvalue weighted by molar-refractivity contribution is -0.138. The molecular formula is C18H18F2N2O5S2. The highest BCUT2D eigenvalue weighted by atomic mass is 32.2. The standard InChI is InChI=1S/C18H18F2N2O5S2/c1-2-15(17(19)20)27-21-11-13-8-9-16(28-13)29(25,26)22-14(18(23)24)10-12-6-4-3-5-7-12/h2-9,11,14,17,22H,10H2,1H3,(H,23,24)/b15-2-,21-11+. The smallest absolute Gasteiger partial charge is 0.322 e. The summed E-state index contributed by atoms with van der Waals surface area (Å²) in [5.74, 6) is -1.94. The van der Waals surface area contributed by atoms with E-state index in [1.807, 2.05) is 0 Å². The van der Waals surface area contributed by atoms with E-state index in [1.165, 1.54) is 19.1 Å². The molecule has 1 unspecified atom stereocenters. The quantitative estimate of drug-likeness (QED) is 0.333. The van der Waals surface area contributed by atoms with Crippen molar-refractivity contribution in [3.05, 3.63) is 64.7 Å². The van der Waals surface area contributed by atoms with Crippen LogP contribution in [0.1, 0.15) is 17.4 Å². The Morgan fingerprint density at radius 2 is 1.97 bits per heavy atom. The van der Waals surface area contributed by atoms with E-state index < -0.39 is 34.2 Å². The molecule has 1 atom stereocenters. The normalized spacial score (nSPS) is 13.7. The Balaban J connectivity index is 2.09. The van der Waals surface area contributed by atoms with Gasteiger partial charge in [-0.1, -0.05) is 35.5 Å². The molecule has 0 saturated heterocycles. The van der Waals surface area contributed by atoms with Gasteiger partial charge in [0.2, 0.25) is 0 Å². The second-order valence-corrected chi connectivity index (χ2v) is 8.73. The average molecular weight is 444 g/mol. The topological polar surface area (TPSA) is 105 Å². The number of alkyl halides is 2. The molecule has 0 bridgehead atoms. The summed E-state index contributed by atoms with van der Waals surface area (Å²) in [6.45, 7) is 1.37. The Morgan fingerprint density at radius 3 is 2.55 bits per heavy atom. The van der Waals surface area contributed by atoms with Gasteiger partial charge in [-0.05, 0) is 37.1 Å². The predicted octanol–water partition coefficient (Wildman–Crippen LogP) is 3.24. The summed E-state index contributed by atoms with van der Waals surface area (Å²) in [6, 6.07) is 9.92. The fourth-order valence-corrected chi connectivity index (χ4v) is 4.57. The lowest BCUT2D eigenvalue weighted by Gasteiger charge is -2.14. The minimum absolute atomic E-state index is 0.0251. The fourth-order valence-electron chi connectivity index (χ4n) is 2.18. The van der Waals surface area contributed by atoms with Crippen LogP contribution in [-0.4, -0.2) is 38.2 Å². The van der Waals surface area contributed by atoms with Crippen LogP contribution >= 0.6 is 11.3 Å². The number of sulfonamides is 1. The Morgan fingerprint density at radius 1 is 1.28 bits per heavy atom. The van der Waals surface area contributed by atoms with E-state index in [0.717, 1.165) is 23.6 Å². The number of carboxylic acids is 1. The first-order valence-electron chi connectivity index (χ1n) is 8.26. The Kier molecular flexibility index (Phi) is 8.00. The zero-order valence-corrected chi connectivity index (χ0v) is 16.8. The highest BCUT2D eigenvalue weighted by Gasteiger charge is 2.26. The molecule has 0 aliphatic carbocycles. The molecule has 0 saturated carbocycles. The molecule has 0 radical (unpaired) electrons. The number of nitrogens with one attached hydrogen (secondary N) is 1. The molecular weight excluding hydrogens is 426 g/mol. The molecule has 1 aromatic carbocycles. The monoisotopic (exact) mass is 444 g/mol. The SMILES string of the molecule is C/C=C(\O/N=C/c1ccc(S(=O)(=O)NC(Cc2ccccc2)C(=O)O)s1)C(F)F. The molecule has 2 rings (SSSR count). The van der Waals surface area contributed by atoms with Crippen LogP contribution in [0, 0.1) is 0 Å². The highest BCUT2D eigenvalue weighted by molar-refractivity contribution is 7.91. The van der Waals surface area contributed by atoms with Gasteiger partial charge in [0.25, 0.3) is 16.4 Å². The van der Waals surface area contributed by atoms with Crippen LogP contribution in [0.3, 0.4) is 0 Å². The number of carboxylic acid groups (broad SMARTS) is 1. The minimum Gasteiger partial charge on any atom is -0.480 e. The van der Waals surface area contributed by atoms with Gasteiger partial charge >= 0.3 is 5.97 Å². The largest absolute Gasteiger partial charge is 0.480 e. The van der Waals surface area contributed by atoms with Crippen molar-refractivity contribution in [2.24, 2.45) is 5.16 Å². The molecule has 0 spiro atoms. The zero-order chi connectivity index (χ0) is 21.4. The van der Waals surface area contributed by atoms with Crippen LogP contribution in [0.2, 0.25) is 0 Å². The predicted molar refractivity (Wildman–Crippen MR) is 105 cm³/mol. The lowest BCUT2D eigenvalue weighted by Crippen LogP contribution is -2.42. The maximum Gasteiger partial charge on any atom is 0.322 e. The number of hydrogen-bond acceptors (Lipinski definition) is 6. The van der Waals surface area contributed by atoms with E-state index in [-0.39, 0.29) is 10.6 Å². The maximum atomic E-state index is 12.5. The molecule has 0 fully saturated rings. The number of nitrogens with zero attached hydrogens (tertiary/aromatic N) is 1. The molecule has 2 N–H and O–H groups in total. The Hall–Kier alpha value is -2.63. The van der Waals surface area contributed by atoms with E-state index in [4.69, 9.17) is 0 Å². The van der Waals surface area contributed by atoms with E-state index in [9.17, 15) is 27.1 Å². The van der Waals surface area contributed by atoms with E-state index in [1.54, 1.807) is 30.3 Å². The van der Waals surface area contributed by atoms with Gasteiger partial charge in [0.05, 0.1) is 11.1 Å². The highest BCUT2D eigenvalue weighted by Crippen LogP contribution is 2.21. The molecule has 1 aromatic heterocycles. The third kappa shape index (κ3) is 6.73. The Labute approximate surface area is 170 Å². The van der Waals surface area contributed by atoms with E-state index in [2.05, 4.69) is 14.7 Å². The number of carbonyl (C=O) groups is 1. The van der Waals surface area contributed by atoms with Crippen LogP contribution in [0.4, 0.5) is 8.78 Å². The summed E-state index contributed by atoms with van der Waals surface area (Å²) >= 11 is 0.788. The number of aliphatic carboxylic acids is 1. The van der Waals surface area contributed by atoms with Crippen molar-refractivity contribution in [2.75, 3.05) is 0 Å². The van der Waals surface area contributed by atoms with Gasteiger partial charge in [0, 0.05) is 0 Å². The molecule has 156 valence electrons. The van der Waals surface area contributed by atoms with Gasteiger partial charge in [-0.25, -0.2) is 17.2 Å². The summed E-state index contributed by atoms with van der Waals surface area (Å²) in [5, 5.41) is 12.8. The van der Waals surface area contributed by atoms with Crippen molar-refractivity contribution in [1.82, 2.24) is 4.72 Å². The molecule has 2 aromatic rings. The number of rotatable bonds is 10. The van der Waals surface area contributed by atoms with Crippen LogP contribution in [0.5, 0.6) is 0 Å². The molecule has 0 amide bonds. The molecule has 11 heteroatoms. The molecule has 7 nitrogen and oxygen atoms in total. The third-order valence-electron chi connectivity index (χ3n) is 3.58. The molecule has 0 aliphatic rings. The second kappa shape index (κ2) is 10.2. The van der Waals surface area contributed by atoms with E-state index in [0.29, 0.717) is 10.4 Å². The first kappa shape index (κ1) is 22.7. The first-order chi connectivity index (χ1) is 13.7. The van der Waals surface area contributed by atoms with Crippen LogP contribution < -0.4 is 4.72 Å². The Bertz CT molecular complexity index is 989. The van der Waals surface area contributed by atoms with Crippen molar-refractivity contribution in [3.8, 4) is 0 Å². The number of thiophene rings is 1. The van der Waals surface area contributed by atoms with Crippen molar-refractivity contribution in [3.63, 3.8) is 0 Å². The average Bonchev–Trinajstić information content (AvgIpc) is 3.15. The van der Waals surface area contributed by atoms with Crippen molar-refractivity contribution in [2.45, 2.75) is 30.0 Å². The van der Waals surface area contributed by atoms with Crippen molar-refractivity contribution in [1.29, 1.82) is 0 Å². The second-order valence-electron chi connectivity index (χ2n) is 5.68. The summed E-state index contributed by atoms with van der Waals surface area (Å²) < 4.78 is 52.1. The summed E-state index contributed by atoms with van der Waals surface area (Å²) in [4.78, 5) is 16.4.